The van der Waals surface area contributed by atoms with E-state index in [0.29, 0.717) is 5.95 Å². The van der Waals surface area contributed by atoms with E-state index in [1.54, 1.807) is 0 Å². The van der Waals surface area contributed by atoms with Crippen LogP contribution in [0.15, 0.2) is 6.07 Å². The molecule has 0 unspecified atom stereocenters. The molecule has 19 heavy (non-hydrogen) atoms. The van der Waals surface area contributed by atoms with Gasteiger partial charge in [0.25, 0.3) is 0 Å². The van der Waals surface area contributed by atoms with Gasteiger partial charge in [0.2, 0.25) is 5.95 Å². The predicted molar refractivity (Wildman–Crippen MR) is 77.4 cm³/mol. The molecule has 2 fully saturated rings. The molecule has 2 heterocycles. The van der Waals surface area contributed by atoms with E-state index < -0.39 is 0 Å². The number of hydrogen-bond acceptors (Lipinski definition) is 6. The maximum Gasteiger partial charge on any atom is 0.223 e. The summed E-state index contributed by atoms with van der Waals surface area (Å²) in [6.45, 7) is 5.12. The highest BCUT2D eigenvalue weighted by Crippen LogP contribution is 2.29. The Kier molecular flexibility index (Phi) is 3.42. The molecule has 2 aliphatic rings. The molecule has 6 nitrogen and oxygen atoms in total. The van der Waals surface area contributed by atoms with Crippen LogP contribution in [0.2, 0.25) is 0 Å². The van der Waals surface area contributed by atoms with Gasteiger partial charge in [0.1, 0.15) is 11.6 Å². The van der Waals surface area contributed by atoms with Crippen molar-refractivity contribution < 1.29 is 0 Å². The highest BCUT2D eigenvalue weighted by molar-refractivity contribution is 5.53. The number of likely N-dealkylation sites (N-methyl/N-ethyl adjacent to an activating group) is 1. The molecule has 0 bridgehead atoms. The number of aromatic nitrogens is 2. The highest BCUT2D eigenvalue weighted by atomic mass is 15.3. The van der Waals surface area contributed by atoms with Crippen molar-refractivity contribution in [2.24, 2.45) is 5.92 Å². The van der Waals surface area contributed by atoms with E-state index in [1.807, 2.05) is 6.07 Å². The van der Waals surface area contributed by atoms with Crippen molar-refractivity contribution in [2.45, 2.75) is 12.8 Å². The molecule has 1 aliphatic carbocycles. The first-order valence-electron chi connectivity index (χ1n) is 7.02. The first kappa shape index (κ1) is 12.5. The van der Waals surface area contributed by atoms with E-state index >= 15 is 0 Å². The monoisotopic (exact) mass is 262 g/mol. The Bertz CT molecular complexity index is 437. The molecule has 0 amide bonds. The first-order chi connectivity index (χ1) is 9.20. The van der Waals surface area contributed by atoms with E-state index in [1.165, 1.54) is 12.8 Å². The van der Waals surface area contributed by atoms with Crippen molar-refractivity contribution in [1.29, 1.82) is 0 Å². The van der Waals surface area contributed by atoms with Crippen molar-refractivity contribution in [3.05, 3.63) is 6.07 Å². The molecule has 1 saturated carbocycles. The van der Waals surface area contributed by atoms with Gasteiger partial charge in [-0.3, -0.25) is 0 Å². The van der Waals surface area contributed by atoms with Crippen LogP contribution in [-0.2, 0) is 0 Å². The Labute approximate surface area is 114 Å². The van der Waals surface area contributed by atoms with Gasteiger partial charge in [-0.2, -0.15) is 9.97 Å². The van der Waals surface area contributed by atoms with Crippen LogP contribution < -0.4 is 16.0 Å². The molecule has 3 rings (SSSR count). The van der Waals surface area contributed by atoms with Gasteiger partial charge in [0.15, 0.2) is 0 Å². The van der Waals surface area contributed by atoms with E-state index in [4.69, 9.17) is 5.73 Å². The molecule has 0 atom stereocenters. The normalized spacial score (nSPS) is 20.6. The summed E-state index contributed by atoms with van der Waals surface area (Å²) in [5.41, 5.74) is 5.82. The van der Waals surface area contributed by atoms with Crippen LogP contribution in [0.5, 0.6) is 0 Å². The average Bonchev–Trinajstić information content (AvgIpc) is 3.20. The second-order valence-corrected chi connectivity index (χ2v) is 5.58. The summed E-state index contributed by atoms with van der Waals surface area (Å²) in [6, 6.07) is 2.02. The molecule has 0 spiro atoms. The van der Waals surface area contributed by atoms with Crippen molar-refractivity contribution in [3.8, 4) is 0 Å². The third-order valence-electron chi connectivity index (χ3n) is 3.83. The molecular formula is C13H22N6. The molecular weight excluding hydrogens is 240 g/mol. The molecule has 1 aliphatic heterocycles. The van der Waals surface area contributed by atoms with Gasteiger partial charge in [0, 0.05) is 38.8 Å². The van der Waals surface area contributed by atoms with Gasteiger partial charge in [-0.25, -0.2) is 0 Å². The summed E-state index contributed by atoms with van der Waals surface area (Å²) in [6.07, 6.45) is 2.66. The van der Waals surface area contributed by atoms with Crippen LogP contribution in [0, 0.1) is 5.92 Å². The number of nitrogen functional groups attached to an aromatic ring is 1. The highest BCUT2D eigenvalue weighted by Gasteiger charge is 2.21. The summed E-state index contributed by atoms with van der Waals surface area (Å²) in [4.78, 5) is 13.2. The summed E-state index contributed by atoms with van der Waals surface area (Å²) in [7, 11) is 2.15. The van der Waals surface area contributed by atoms with Gasteiger partial charge < -0.3 is 20.9 Å². The molecule has 1 saturated heterocycles. The second kappa shape index (κ2) is 5.21. The fourth-order valence-electron chi connectivity index (χ4n) is 2.31. The summed E-state index contributed by atoms with van der Waals surface area (Å²) < 4.78 is 0. The molecule has 1 aromatic rings. The van der Waals surface area contributed by atoms with E-state index in [-0.39, 0.29) is 0 Å². The van der Waals surface area contributed by atoms with Crippen LogP contribution >= 0.6 is 0 Å². The number of hydrogen-bond donors (Lipinski definition) is 2. The Morgan fingerprint density at radius 1 is 1.26 bits per heavy atom. The molecule has 6 heteroatoms. The lowest BCUT2D eigenvalue weighted by Crippen LogP contribution is -2.44. The lowest BCUT2D eigenvalue weighted by atomic mass is 10.3. The lowest BCUT2D eigenvalue weighted by molar-refractivity contribution is 0.312. The van der Waals surface area contributed by atoms with E-state index in [9.17, 15) is 0 Å². The molecule has 104 valence electrons. The van der Waals surface area contributed by atoms with Crippen molar-refractivity contribution in [3.63, 3.8) is 0 Å². The average molecular weight is 262 g/mol. The number of nitrogens with two attached hydrogens (primary N) is 1. The van der Waals surface area contributed by atoms with Crippen LogP contribution in [-0.4, -0.2) is 54.6 Å². The quantitative estimate of drug-likeness (QED) is 0.829. The number of piperazine rings is 1. The van der Waals surface area contributed by atoms with E-state index in [0.717, 1.165) is 50.3 Å². The molecule has 0 aromatic carbocycles. The Morgan fingerprint density at radius 3 is 2.68 bits per heavy atom. The van der Waals surface area contributed by atoms with Crippen LogP contribution in [0.4, 0.5) is 17.6 Å². The number of nitrogens with zero attached hydrogens (tertiary/aromatic N) is 4. The summed E-state index contributed by atoms with van der Waals surface area (Å²) in [5, 5.41) is 3.37. The van der Waals surface area contributed by atoms with Crippen molar-refractivity contribution in [1.82, 2.24) is 14.9 Å². The Morgan fingerprint density at radius 2 is 2.00 bits per heavy atom. The fourth-order valence-corrected chi connectivity index (χ4v) is 2.31. The van der Waals surface area contributed by atoms with Gasteiger partial charge in [-0.15, -0.1) is 0 Å². The zero-order chi connectivity index (χ0) is 13.2. The van der Waals surface area contributed by atoms with Gasteiger partial charge >= 0.3 is 0 Å². The van der Waals surface area contributed by atoms with Crippen molar-refractivity contribution >= 4 is 17.6 Å². The van der Waals surface area contributed by atoms with Gasteiger partial charge in [0.05, 0.1) is 0 Å². The topological polar surface area (TPSA) is 70.3 Å². The zero-order valence-corrected chi connectivity index (χ0v) is 11.5. The second-order valence-electron chi connectivity index (χ2n) is 5.58. The number of anilines is 3. The molecule has 3 N–H and O–H groups in total. The van der Waals surface area contributed by atoms with E-state index in [2.05, 4.69) is 32.1 Å². The summed E-state index contributed by atoms with van der Waals surface area (Å²) >= 11 is 0. The van der Waals surface area contributed by atoms with Crippen LogP contribution in [0.25, 0.3) is 0 Å². The molecule has 0 radical (unpaired) electrons. The SMILES string of the molecule is CN1CCN(c2cc(NCC3CC3)nc(N)n2)CC1. The van der Waals surface area contributed by atoms with Crippen molar-refractivity contribution in [2.75, 3.05) is 55.7 Å². The largest absolute Gasteiger partial charge is 0.370 e. The number of nitrogens with one attached hydrogen (secondary N) is 1. The minimum atomic E-state index is 0.356. The van der Waals surface area contributed by atoms with Crippen LogP contribution in [0.3, 0.4) is 0 Å². The fraction of sp³-hybridized carbons (Fsp3) is 0.692. The zero-order valence-electron chi connectivity index (χ0n) is 11.5. The molecule has 1 aromatic heterocycles. The first-order valence-corrected chi connectivity index (χ1v) is 7.02. The van der Waals surface area contributed by atoms with Gasteiger partial charge in [-0.1, -0.05) is 0 Å². The van der Waals surface area contributed by atoms with Crippen LogP contribution in [0.1, 0.15) is 12.8 Å². The lowest BCUT2D eigenvalue weighted by Gasteiger charge is -2.33. The maximum absolute atomic E-state index is 5.82. The minimum absolute atomic E-state index is 0.356. The maximum atomic E-state index is 5.82. The van der Waals surface area contributed by atoms with Gasteiger partial charge in [-0.05, 0) is 25.8 Å². The standard InChI is InChI=1S/C13H22N6/c1-18-4-6-19(7-5-18)12-8-11(16-13(14)17-12)15-9-10-2-3-10/h8,10H,2-7,9H2,1H3,(H3,14,15,16,17). The minimum Gasteiger partial charge on any atom is -0.370 e. The Balaban J connectivity index is 1.69. The third kappa shape index (κ3) is 3.26. The number of rotatable bonds is 4. The smallest absolute Gasteiger partial charge is 0.223 e. The Hall–Kier alpha value is -1.56. The summed E-state index contributed by atoms with van der Waals surface area (Å²) in [5.74, 6) is 2.98. The predicted octanol–water partition coefficient (Wildman–Crippen LogP) is 0.633. The third-order valence-corrected chi connectivity index (χ3v) is 3.83.